The van der Waals surface area contributed by atoms with E-state index in [1.165, 1.54) is 0 Å². The van der Waals surface area contributed by atoms with E-state index in [0.717, 1.165) is 52.0 Å². The Morgan fingerprint density at radius 2 is 1.48 bits per heavy atom. The van der Waals surface area contributed by atoms with E-state index in [2.05, 4.69) is 85.7 Å². The fourth-order valence-electron chi connectivity index (χ4n) is 3.47. The third-order valence-electron chi connectivity index (χ3n) is 4.94. The summed E-state index contributed by atoms with van der Waals surface area (Å²) in [6, 6.07) is 29.2. The molecule has 146 valence electrons. The van der Waals surface area contributed by atoms with Gasteiger partial charge in [-0.1, -0.05) is 60.7 Å². The summed E-state index contributed by atoms with van der Waals surface area (Å²) in [7, 11) is 4.16. The minimum atomic E-state index is 0.713. The molecule has 0 aliphatic heterocycles. The summed E-state index contributed by atoms with van der Waals surface area (Å²) in [6.45, 7) is 1.73. The molecule has 0 bridgehead atoms. The average molecular weight is 383 g/mol. The molecule has 0 amide bonds. The first-order valence-electron chi connectivity index (χ1n) is 10.0. The van der Waals surface area contributed by atoms with E-state index in [-0.39, 0.29) is 0 Å². The van der Waals surface area contributed by atoms with Gasteiger partial charge in [-0.15, -0.1) is 0 Å². The second-order valence-corrected chi connectivity index (χ2v) is 7.48. The zero-order chi connectivity index (χ0) is 20.1. The number of fused-ring (bicyclic) bond motifs is 1. The Morgan fingerprint density at radius 3 is 2.17 bits per heavy atom. The molecule has 0 radical (unpaired) electrons. The van der Waals surface area contributed by atoms with Crippen LogP contribution in [0, 0.1) is 0 Å². The van der Waals surface area contributed by atoms with E-state index < -0.39 is 0 Å². The minimum Gasteiger partial charge on any atom is -0.494 e. The Kier molecular flexibility index (Phi) is 5.87. The van der Waals surface area contributed by atoms with Gasteiger partial charge in [0.05, 0.1) is 17.8 Å². The number of hydrogen-bond donors (Lipinski definition) is 0. The molecule has 4 rings (SSSR count). The monoisotopic (exact) mass is 382 g/mol. The molecule has 29 heavy (non-hydrogen) atoms. The van der Waals surface area contributed by atoms with Crippen molar-refractivity contribution in [1.29, 1.82) is 0 Å². The Morgan fingerprint density at radius 1 is 0.793 bits per heavy atom. The van der Waals surface area contributed by atoms with Crippen molar-refractivity contribution in [2.24, 2.45) is 0 Å². The quantitative estimate of drug-likeness (QED) is 0.372. The smallest absolute Gasteiger partial charge is 0.120 e. The topological polar surface area (TPSA) is 25.4 Å². The number of ether oxygens (including phenoxy) is 1. The molecule has 0 atom stereocenters. The summed E-state index contributed by atoms with van der Waals surface area (Å²) >= 11 is 0. The number of nitrogens with zero attached hydrogens (tertiary/aromatic N) is 2. The van der Waals surface area contributed by atoms with Gasteiger partial charge in [0.15, 0.2) is 0 Å². The zero-order valence-corrected chi connectivity index (χ0v) is 17.0. The predicted octanol–water partition coefficient (Wildman–Crippen LogP) is 5.90. The molecular formula is C26H26N2O. The molecule has 0 spiro atoms. The highest BCUT2D eigenvalue weighted by atomic mass is 16.5. The molecule has 1 heterocycles. The molecule has 1 aromatic heterocycles. The Balaban J connectivity index is 1.73. The molecule has 0 N–H and O–H groups in total. The predicted molar refractivity (Wildman–Crippen MR) is 121 cm³/mol. The van der Waals surface area contributed by atoms with Gasteiger partial charge in [0.2, 0.25) is 0 Å². The molecule has 3 nitrogen and oxygen atoms in total. The highest BCUT2D eigenvalue weighted by Gasteiger charge is 2.12. The van der Waals surface area contributed by atoms with Crippen molar-refractivity contribution in [3.8, 4) is 28.1 Å². The van der Waals surface area contributed by atoms with Gasteiger partial charge in [-0.05, 0) is 50.3 Å². The van der Waals surface area contributed by atoms with E-state index in [1.54, 1.807) is 0 Å². The number of hydrogen-bond acceptors (Lipinski definition) is 3. The van der Waals surface area contributed by atoms with Crippen LogP contribution in [0.1, 0.15) is 6.42 Å². The molecular weight excluding hydrogens is 356 g/mol. The normalized spacial score (nSPS) is 11.1. The van der Waals surface area contributed by atoms with Gasteiger partial charge in [-0.3, -0.25) is 0 Å². The van der Waals surface area contributed by atoms with Gasteiger partial charge < -0.3 is 9.64 Å². The van der Waals surface area contributed by atoms with E-state index in [0.29, 0.717) is 6.61 Å². The second-order valence-electron chi connectivity index (χ2n) is 7.48. The molecule has 0 aliphatic rings. The van der Waals surface area contributed by atoms with Crippen molar-refractivity contribution in [2.75, 3.05) is 27.2 Å². The molecule has 0 saturated carbocycles. The molecule has 3 heteroatoms. The second kappa shape index (κ2) is 8.89. The maximum atomic E-state index is 5.97. The molecule has 0 saturated heterocycles. The largest absolute Gasteiger partial charge is 0.494 e. The first kappa shape index (κ1) is 19.2. The highest BCUT2D eigenvalue weighted by molar-refractivity contribution is 5.92. The molecule has 3 aromatic carbocycles. The summed E-state index contributed by atoms with van der Waals surface area (Å²) in [5.74, 6) is 0.893. The lowest BCUT2D eigenvalue weighted by Gasteiger charge is -2.13. The highest BCUT2D eigenvalue weighted by Crippen LogP contribution is 2.34. The standard InChI is InChI=1S/C26H26N2O/c1-28(2)16-9-17-29-23-14-15-25-22(18-23)19-24(20-10-5-3-6-11-20)26(27-25)21-12-7-4-8-13-21/h3-8,10-15,18-19H,9,16-17H2,1-2H3. The van der Waals surface area contributed by atoms with Crippen LogP contribution in [0.25, 0.3) is 33.3 Å². The van der Waals surface area contributed by atoms with Gasteiger partial charge in [-0.25, -0.2) is 4.98 Å². The lowest BCUT2D eigenvalue weighted by molar-refractivity contribution is 0.282. The van der Waals surface area contributed by atoms with E-state index in [9.17, 15) is 0 Å². The van der Waals surface area contributed by atoms with Crippen LogP contribution in [0.2, 0.25) is 0 Å². The van der Waals surface area contributed by atoms with Crippen LogP contribution in [0.5, 0.6) is 5.75 Å². The zero-order valence-electron chi connectivity index (χ0n) is 17.0. The van der Waals surface area contributed by atoms with Crippen molar-refractivity contribution in [3.05, 3.63) is 84.9 Å². The SMILES string of the molecule is CN(C)CCCOc1ccc2nc(-c3ccccc3)c(-c3ccccc3)cc2c1. The fraction of sp³-hybridized carbons (Fsp3) is 0.192. The summed E-state index contributed by atoms with van der Waals surface area (Å²) < 4.78 is 5.97. The molecule has 0 fully saturated rings. The molecule has 0 unspecified atom stereocenters. The van der Waals surface area contributed by atoms with Crippen molar-refractivity contribution in [2.45, 2.75) is 6.42 Å². The van der Waals surface area contributed by atoms with Crippen LogP contribution in [0.15, 0.2) is 84.9 Å². The van der Waals surface area contributed by atoms with Crippen LogP contribution >= 0.6 is 0 Å². The number of pyridine rings is 1. The molecule has 0 aliphatic carbocycles. The molecule has 4 aromatic rings. The number of benzene rings is 3. The van der Waals surface area contributed by atoms with Crippen LogP contribution in [0.3, 0.4) is 0 Å². The Labute approximate surface area is 172 Å². The summed E-state index contributed by atoms with van der Waals surface area (Å²) in [5.41, 5.74) is 5.40. The van der Waals surface area contributed by atoms with Crippen molar-refractivity contribution >= 4 is 10.9 Å². The van der Waals surface area contributed by atoms with Crippen LogP contribution in [-0.4, -0.2) is 37.1 Å². The lowest BCUT2D eigenvalue weighted by Crippen LogP contribution is -2.15. The van der Waals surface area contributed by atoms with Gasteiger partial charge in [0.1, 0.15) is 5.75 Å². The first-order valence-corrected chi connectivity index (χ1v) is 10.0. The number of aromatic nitrogens is 1. The Hall–Kier alpha value is -3.17. The van der Waals surface area contributed by atoms with Gasteiger partial charge in [0.25, 0.3) is 0 Å². The van der Waals surface area contributed by atoms with E-state index >= 15 is 0 Å². The van der Waals surface area contributed by atoms with Crippen molar-refractivity contribution in [1.82, 2.24) is 9.88 Å². The minimum absolute atomic E-state index is 0.713. The average Bonchev–Trinajstić information content (AvgIpc) is 2.77. The summed E-state index contributed by atoms with van der Waals surface area (Å²) in [4.78, 5) is 7.19. The van der Waals surface area contributed by atoms with Crippen LogP contribution < -0.4 is 4.74 Å². The maximum Gasteiger partial charge on any atom is 0.120 e. The van der Waals surface area contributed by atoms with E-state index in [4.69, 9.17) is 9.72 Å². The van der Waals surface area contributed by atoms with Gasteiger partial charge in [-0.2, -0.15) is 0 Å². The fourth-order valence-corrected chi connectivity index (χ4v) is 3.47. The third-order valence-corrected chi connectivity index (χ3v) is 4.94. The maximum absolute atomic E-state index is 5.97. The lowest BCUT2D eigenvalue weighted by atomic mass is 9.97. The van der Waals surface area contributed by atoms with Crippen molar-refractivity contribution in [3.63, 3.8) is 0 Å². The van der Waals surface area contributed by atoms with Gasteiger partial charge >= 0.3 is 0 Å². The summed E-state index contributed by atoms with van der Waals surface area (Å²) in [5, 5.41) is 1.09. The van der Waals surface area contributed by atoms with Crippen LogP contribution in [0.4, 0.5) is 0 Å². The van der Waals surface area contributed by atoms with E-state index in [1.807, 2.05) is 18.2 Å². The van der Waals surface area contributed by atoms with Gasteiger partial charge in [0, 0.05) is 23.1 Å². The van der Waals surface area contributed by atoms with Crippen molar-refractivity contribution < 1.29 is 4.74 Å². The Bertz CT molecular complexity index is 1080. The van der Waals surface area contributed by atoms with Crippen LogP contribution in [-0.2, 0) is 0 Å². The first-order chi connectivity index (χ1) is 14.2. The summed E-state index contributed by atoms with van der Waals surface area (Å²) in [6.07, 6.45) is 1.01. The third kappa shape index (κ3) is 4.64. The number of rotatable bonds is 7.